The maximum Gasteiger partial charge on any atom is 0.225 e. The van der Waals surface area contributed by atoms with Crippen LogP contribution < -0.4 is 24.4 Å². The van der Waals surface area contributed by atoms with Gasteiger partial charge in [0, 0.05) is 63.0 Å². The Kier molecular flexibility index (Phi) is 7.19. The van der Waals surface area contributed by atoms with Crippen molar-refractivity contribution in [1.29, 1.82) is 0 Å². The minimum Gasteiger partial charge on any atom is -0.497 e. The van der Waals surface area contributed by atoms with Gasteiger partial charge in [-0.05, 0) is 12.1 Å². The van der Waals surface area contributed by atoms with Gasteiger partial charge in [0.15, 0.2) is 0 Å². The molecule has 0 saturated carbocycles. The van der Waals surface area contributed by atoms with Gasteiger partial charge < -0.3 is 24.4 Å². The van der Waals surface area contributed by atoms with Crippen LogP contribution in [0.25, 0.3) is 0 Å². The molecule has 0 atom stereocenters. The van der Waals surface area contributed by atoms with E-state index >= 15 is 0 Å². The van der Waals surface area contributed by atoms with Crippen LogP contribution in [-0.4, -0.2) is 64.9 Å². The molecule has 1 saturated heterocycles. The van der Waals surface area contributed by atoms with Crippen molar-refractivity contribution in [3.8, 4) is 17.2 Å². The molecule has 156 valence electrons. The number of nitrogens with one attached hydrogen (secondary N) is 1. The Labute approximate surface area is 172 Å². The number of hydrogen-bond acceptors (Lipinski definition) is 6. The first-order valence-electron chi connectivity index (χ1n) is 9.76. The van der Waals surface area contributed by atoms with Gasteiger partial charge in [0.25, 0.3) is 0 Å². The number of carbonyl (C=O) groups is 1. The lowest BCUT2D eigenvalue weighted by atomic mass is 10.2. The second-order valence-corrected chi connectivity index (χ2v) is 6.90. The third kappa shape index (κ3) is 5.54. The van der Waals surface area contributed by atoms with Gasteiger partial charge in [-0.3, -0.25) is 9.69 Å². The van der Waals surface area contributed by atoms with Gasteiger partial charge in [0.05, 0.1) is 27.0 Å². The number of hydrogen-bond donors (Lipinski definition) is 1. The zero-order valence-corrected chi connectivity index (χ0v) is 17.3. The molecular weight excluding hydrogens is 370 g/mol. The number of para-hydroxylation sites is 2. The summed E-state index contributed by atoms with van der Waals surface area (Å²) in [5.41, 5.74) is 1.80. The van der Waals surface area contributed by atoms with E-state index in [9.17, 15) is 4.79 Å². The Hall–Kier alpha value is -2.93. The summed E-state index contributed by atoms with van der Waals surface area (Å²) >= 11 is 0. The molecule has 1 aliphatic rings. The molecule has 1 amide bonds. The molecule has 0 spiro atoms. The summed E-state index contributed by atoms with van der Waals surface area (Å²) < 4.78 is 16.0. The zero-order chi connectivity index (χ0) is 20.6. The molecule has 7 nitrogen and oxygen atoms in total. The first kappa shape index (κ1) is 20.8. The standard InChI is InChI=1S/C22H29N3O4/c1-27-18-14-17(15-19(16-18)28-2)23-22(26)8-9-24-10-12-25(13-11-24)20-6-4-5-7-21(20)29-3/h4-7,14-16H,8-13H2,1-3H3,(H,23,26). The van der Waals surface area contributed by atoms with Crippen molar-refractivity contribution in [2.24, 2.45) is 0 Å². The topological polar surface area (TPSA) is 63.3 Å². The molecule has 2 aromatic rings. The van der Waals surface area contributed by atoms with Crippen molar-refractivity contribution in [1.82, 2.24) is 4.90 Å². The Balaban J connectivity index is 1.47. The minimum absolute atomic E-state index is 0.0209. The van der Waals surface area contributed by atoms with E-state index in [4.69, 9.17) is 14.2 Å². The minimum atomic E-state index is -0.0209. The summed E-state index contributed by atoms with van der Waals surface area (Å²) in [6.45, 7) is 4.38. The lowest BCUT2D eigenvalue weighted by Crippen LogP contribution is -2.47. The van der Waals surface area contributed by atoms with Crippen LogP contribution in [0.2, 0.25) is 0 Å². The van der Waals surface area contributed by atoms with E-state index in [0.29, 0.717) is 23.6 Å². The summed E-state index contributed by atoms with van der Waals surface area (Å²) in [5, 5.41) is 2.93. The molecule has 0 aromatic heterocycles. The third-order valence-corrected chi connectivity index (χ3v) is 5.09. The fourth-order valence-corrected chi connectivity index (χ4v) is 3.47. The lowest BCUT2D eigenvalue weighted by molar-refractivity contribution is -0.116. The molecule has 2 aromatic carbocycles. The van der Waals surface area contributed by atoms with E-state index in [0.717, 1.165) is 44.2 Å². The van der Waals surface area contributed by atoms with Crippen molar-refractivity contribution < 1.29 is 19.0 Å². The molecule has 0 radical (unpaired) electrons. The molecule has 0 aliphatic carbocycles. The first-order valence-corrected chi connectivity index (χ1v) is 9.76. The van der Waals surface area contributed by atoms with Gasteiger partial charge in [0.1, 0.15) is 17.2 Å². The highest BCUT2D eigenvalue weighted by Gasteiger charge is 2.20. The summed E-state index contributed by atoms with van der Waals surface area (Å²) in [4.78, 5) is 17.0. The fraction of sp³-hybridized carbons (Fsp3) is 0.409. The maximum atomic E-state index is 12.4. The van der Waals surface area contributed by atoms with Crippen molar-refractivity contribution in [2.75, 3.05) is 64.3 Å². The van der Waals surface area contributed by atoms with Crippen LogP contribution in [0.3, 0.4) is 0 Å². The Bertz CT molecular complexity index is 797. The van der Waals surface area contributed by atoms with Crippen LogP contribution >= 0.6 is 0 Å². The number of piperazine rings is 1. The van der Waals surface area contributed by atoms with Gasteiger partial charge >= 0.3 is 0 Å². The van der Waals surface area contributed by atoms with Gasteiger partial charge in [-0.15, -0.1) is 0 Å². The third-order valence-electron chi connectivity index (χ3n) is 5.09. The van der Waals surface area contributed by atoms with Gasteiger partial charge in [-0.2, -0.15) is 0 Å². The molecule has 7 heteroatoms. The average Bonchev–Trinajstić information content (AvgIpc) is 2.77. The molecule has 1 heterocycles. The number of amides is 1. The largest absolute Gasteiger partial charge is 0.497 e. The molecule has 1 N–H and O–H groups in total. The molecule has 29 heavy (non-hydrogen) atoms. The Morgan fingerprint density at radius 3 is 2.21 bits per heavy atom. The van der Waals surface area contributed by atoms with Gasteiger partial charge in [0.2, 0.25) is 5.91 Å². The number of rotatable bonds is 8. The number of ether oxygens (including phenoxy) is 3. The normalized spacial score (nSPS) is 14.4. The van der Waals surface area contributed by atoms with Gasteiger partial charge in [-0.1, -0.05) is 12.1 Å². The summed E-state index contributed by atoms with van der Waals surface area (Å²) in [7, 11) is 4.88. The van der Waals surface area contributed by atoms with E-state index in [1.165, 1.54) is 0 Å². The number of methoxy groups -OCH3 is 3. The summed E-state index contributed by atoms with van der Waals surface area (Å²) in [6.07, 6.45) is 0.439. The van der Waals surface area contributed by atoms with E-state index < -0.39 is 0 Å². The predicted octanol–water partition coefficient (Wildman–Crippen LogP) is 2.86. The van der Waals surface area contributed by atoms with Crippen molar-refractivity contribution in [2.45, 2.75) is 6.42 Å². The van der Waals surface area contributed by atoms with Crippen LogP contribution in [0.4, 0.5) is 11.4 Å². The van der Waals surface area contributed by atoms with E-state index in [1.54, 1.807) is 39.5 Å². The van der Waals surface area contributed by atoms with Gasteiger partial charge in [-0.25, -0.2) is 0 Å². The average molecular weight is 399 g/mol. The highest BCUT2D eigenvalue weighted by Crippen LogP contribution is 2.28. The maximum absolute atomic E-state index is 12.4. The fourth-order valence-electron chi connectivity index (χ4n) is 3.47. The van der Waals surface area contributed by atoms with Crippen LogP contribution in [0.15, 0.2) is 42.5 Å². The molecule has 1 aliphatic heterocycles. The first-order chi connectivity index (χ1) is 14.1. The second kappa shape index (κ2) is 10.0. The quantitative estimate of drug-likeness (QED) is 0.737. The van der Waals surface area contributed by atoms with Crippen LogP contribution in [0.1, 0.15) is 6.42 Å². The van der Waals surface area contributed by atoms with Crippen LogP contribution in [0.5, 0.6) is 17.2 Å². The molecule has 0 unspecified atom stereocenters. The number of benzene rings is 2. The molecule has 0 bridgehead atoms. The van der Waals surface area contributed by atoms with Crippen LogP contribution in [0, 0.1) is 0 Å². The van der Waals surface area contributed by atoms with E-state index in [-0.39, 0.29) is 5.91 Å². The number of anilines is 2. The van der Waals surface area contributed by atoms with Crippen molar-refractivity contribution in [3.63, 3.8) is 0 Å². The van der Waals surface area contributed by atoms with Crippen LogP contribution in [-0.2, 0) is 4.79 Å². The highest BCUT2D eigenvalue weighted by molar-refractivity contribution is 5.91. The lowest BCUT2D eigenvalue weighted by Gasteiger charge is -2.36. The smallest absolute Gasteiger partial charge is 0.225 e. The van der Waals surface area contributed by atoms with Crippen molar-refractivity contribution in [3.05, 3.63) is 42.5 Å². The SMILES string of the molecule is COc1cc(NC(=O)CCN2CCN(c3ccccc3OC)CC2)cc(OC)c1. The number of nitrogens with zero attached hydrogens (tertiary/aromatic N) is 2. The summed E-state index contributed by atoms with van der Waals surface area (Å²) in [6, 6.07) is 13.4. The molecular formula is C22H29N3O4. The zero-order valence-electron chi connectivity index (χ0n) is 17.3. The molecule has 3 rings (SSSR count). The highest BCUT2D eigenvalue weighted by atomic mass is 16.5. The van der Waals surface area contributed by atoms with E-state index in [1.807, 2.05) is 18.2 Å². The predicted molar refractivity (Wildman–Crippen MR) is 114 cm³/mol. The Morgan fingerprint density at radius 1 is 0.931 bits per heavy atom. The summed E-state index contributed by atoms with van der Waals surface area (Å²) in [5.74, 6) is 2.17. The number of carbonyl (C=O) groups excluding carboxylic acids is 1. The Morgan fingerprint density at radius 2 is 1.59 bits per heavy atom. The monoisotopic (exact) mass is 399 g/mol. The molecule has 1 fully saturated rings. The van der Waals surface area contributed by atoms with E-state index in [2.05, 4.69) is 21.2 Å². The van der Waals surface area contributed by atoms with Crippen molar-refractivity contribution >= 4 is 17.3 Å². The second-order valence-electron chi connectivity index (χ2n) is 6.90.